The topological polar surface area (TPSA) is 99.8 Å². The molecule has 2 heterocycles. The molecule has 2 aromatic heterocycles. The summed E-state index contributed by atoms with van der Waals surface area (Å²) in [5.41, 5.74) is 0.990. The standard InChI is InChI=1S/C12H19N5O2S2/c1-2-13-7-10-6-12(20-8-10)21(18,19)16-5-3-4-11-14-9-15-17-11/h6,8-9,13,16H,2-5,7H2,1H3,(H,14,15,17). The summed E-state index contributed by atoms with van der Waals surface area (Å²) in [6.07, 6.45) is 2.78. The third-order valence-corrected chi connectivity index (χ3v) is 5.77. The van der Waals surface area contributed by atoms with E-state index in [9.17, 15) is 8.42 Å². The average Bonchev–Trinajstić information content (AvgIpc) is 3.13. The Bertz CT molecular complexity index is 636. The lowest BCUT2D eigenvalue weighted by atomic mass is 10.3. The molecule has 0 saturated carbocycles. The predicted octanol–water partition coefficient (Wildman–Crippen LogP) is 0.887. The van der Waals surface area contributed by atoms with Gasteiger partial charge in [0.15, 0.2) is 0 Å². The number of rotatable bonds is 9. The van der Waals surface area contributed by atoms with E-state index in [0.29, 0.717) is 30.1 Å². The highest BCUT2D eigenvalue weighted by Crippen LogP contribution is 2.19. The lowest BCUT2D eigenvalue weighted by Gasteiger charge is -2.03. The van der Waals surface area contributed by atoms with Crippen LogP contribution in [0.4, 0.5) is 0 Å². The predicted molar refractivity (Wildman–Crippen MR) is 81.6 cm³/mol. The molecule has 3 N–H and O–H groups in total. The molecule has 7 nitrogen and oxygen atoms in total. The number of hydrogen-bond acceptors (Lipinski definition) is 6. The van der Waals surface area contributed by atoms with Crippen LogP contribution < -0.4 is 10.0 Å². The van der Waals surface area contributed by atoms with E-state index in [2.05, 4.69) is 25.2 Å². The van der Waals surface area contributed by atoms with Crippen molar-refractivity contribution < 1.29 is 8.42 Å². The number of hydrogen-bond donors (Lipinski definition) is 3. The minimum absolute atomic E-state index is 0.357. The van der Waals surface area contributed by atoms with Gasteiger partial charge in [0.05, 0.1) is 0 Å². The van der Waals surface area contributed by atoms with E-state index in [1.54, 1.807) is 6.07 Å². The van der Waals surface area contributed by atoms with E-state index in [1.165, 1.54) is 17.7 Å². The van der Waals surface area contributed by atoms with Crippen molar-refractivity contribution in [1.82, 2.24) is 25.2 Å². The van der Waals surface area contributed by atoms with Gasteiger partial charge in [-0.1, -0.05) is 6.92 Å². The van der Waals surface area contributed by atoms with Crippen molar-refractivity contribution >= 4 is 21.4 Å². The highest BCUT2D eigenvalue weighted by atomic mass is 32.2. The molecule has 2 aromatic rings. The number of H-pyrrole nitrogens is 1. The van der Waals surface area contributed by atoms with E-state index in [1.807, 2.05) is 12.3 Å². The normalized spacial score (nSPS) is 11.9. The zero-order chi connectivity index (χ0) is 15.1. The van der Waals surface area contributed by atoms with Crippen molar-refractivity contribution in [1.29, 1.82) is 0 Å². The molecule has 0 unspecified atom stereocenters. The molecule has 2 rings (SSSR count). The summed E-state index contributed by atoms with van der Waals surface area (Å²) in [5.74, 6) is 0.762. The van der Waals surface area contributed by atoms with Gasteiger partial charge in [0.25, 0.3) is 0 Å². The number of nitrogens with one attached hydrogen (secondary N) is 3. The highest BCUT2D eigenvalue weighted by Gasteiger charge is 2.16. The van der Waals surface area contributed by atoms with Crippen LogP contribution in [-0.4, -0.2) is 36.7 Å². The summed E-state index contributed by atoms with van der Waals surface area (Å²) in [6, 6.07) is 1.71. The Morgan fingerprint density at radius 2 is 2.29 bits per heavy atom. The Morgan fingerprint density at radius 3 is 3.00 bits per heavy atom. The summed E-state index contributed by atoms with van der Waals surface area (Å²) in [4.78, 5) is 3.99. The summed E-state index contributed by atoms with van der Waals surface area (Å²) >= 11 is 1.24. The summed E-state index contributed by atoms with van der Waals surface area (Å²) in [5, 5.41) is 11.5. The van der Waals surface area contributed by atoms with Crippen LogP contribution in [-0.2, 0) is 23.0 Å². The first-order valence-corrected chi connectivity index (χ1v) is 9.10. The van der Waals surface area contributed by atoms with Crippen LogP contribution in [0.1, 0.15) is 24.7 Å². The monoisotopic (exact) mass is 329 g/mol. The second-order valence-electron chi connectivity index (χ2n) is 4.49. The van der Waals surface area contributed by atoms with Crippen molar-refractivity contribution in [3.8, 4) is 0 Å². The quantitative estimate of drug-likeness (QED) is 0.593. The lowest BCUT2D eigenvalue weighted by Crippen LogP contribution is -2.24. The molecule has 0 atom stereocenters. The first-order valence-electron chi connectivity index (χ1n) is 6.74. The van der Waals surface area contributed by atoms with Gasteiger partial charge in [0.2, 0.25) is 10.0 Å². The molecule has 0 bridgehead atoms. The van der Waals surface area contributed by atoms with Crippen molar-refractivity contribution in [2.24, 2.45) is 0 Å². The molecule has 0 saturated heterocycles. The average molecular weight is 329 g/mol. The van der Waals surface area contributed by atoms with Gasteiger partial charge >= 0.3 is 0 Å². The van der Waals surface area contributed by atoms with Gasteiger partial charge in [0.1, 0.15) is 16.4 Å². The van der Waals surface area contributed by atoms with Crippen molar-refractivity contribution in [2.45, 2.75) is 30.5 Å². The van der Waals surface area contributed by atoms with Crippen LogP contribution in [0.5, 0.6) is 0 Å². The van der Waals surface area contributed by atoms with E-state index in [-0.39, 0.29) is 0 Å². The molecule has 0 aliphatic carbocycles. The Kier molecular flexibility index (Phi) is 5.85. The molecule has 21 heavy (non-hydrogen) atoms. The summed E-state index contributed by atoms with van der Waals surface area (Å²) in [7, 11) is -3.41. The fourth-order valence-corrected chi connectivity index (χ4v) is 4.07. The zero-order valence-electron chi connectivity index (χ0n) is 11.8. The smallest absolute Gasteiger partial charge is 0.250 e. The number of sulfonamides is 1. The van der Waals surface area contributed by atoms with Crippen LogP contribution in [0, 0.1) is 0 Å². The molecule has 0 amide bonds. The van der Waals surface area contributed by atoms with Gasteiger partial charge in [0, 0.05) is 19.5 Å². The van der Waals surface area contributed by atoms with Gasteiger partial charge < -0.3 is 5.32 Å². The van der Waals surface area contributed by atoms with E-state index in [4.69, 9.17) is 0 Å². The van der Waals surface area contributed by atoms with Gasteiger partial charge in [-0.15, -0.1) is 11.3 Å². The van der Waals surface area contributed by atoms with E-state index >= 15 is 0 Å². The number of aromatic nitrogens is 3. The van der Waals surface area contributed by atoms with Crippen LogP contribution in [0.3, 0.4) is 0 Å². The van der Waals surface area contributed by atoms with Gasteiger partial charge in [-0.2, -0.15) is 5.10 Å². The second-order valence-corrected chi connectivity index (χ2v) is 7.39. The maximum atomic E-state index is 12.1. The van der Waals surface area contributed by atoms with Crippen LogP contribution in [0.15, 0.2) is 22.0 Å². The fraction of sp³-hybridized carbons (Fsp3) is 0.500. The number of aromatic amines is 1. The third kappa shape index (κ3) is 4.88. The molecule has 9 heteroatoms. The fourth-order valence-electron chi connectivity index (χ4n) is 1.74. The molecule has 0 spiro atoms. The van der Waals surface area contributed by atoms with E-state index < -0.39 is 10.0 Å². The minimum Gasteiger partial charge on any atom is -0.313 e. The SMILES string of the molecule is CCNCc1csc(S(=O)(=O)NCCCc2ncn[nH]2)c1. The molecule has 0 aliphatic heterocycles. The highest BCUT2D eigenvalue weighted by molar-refractivity contribution is 7.91. The van der Waals surface area contributed by atoms with Gasteiger partial charge in [-0.05, 0) is 30.0 Å². The molecule has 116 valence electrons. The minimum atomic E-state index is -3.41. The molecule has 0 aromatic carbocycles. The van der Waals surface area contributed by atoms with Gasteiger partial charge in [-0.3, -0.25) is 5.10 Å². The van der Waals surface area contributed by atoms with Crippen molar-refractivity contribution in [2.75, 3.05) is 13.1 Å². The zero-order valence-corrected chi connectivity index (χ0v) is 13.4. The molecular formula is C12H19N5O2S2. The largest absolute Gasteiger partial charge is 0.313 e. The number of aryl methyl sites for hydroxylation is 1. The maximum absolute atomic E-state index is 12.1. The summed E-state index contributed by atoms with van der Waals surface area (Å²) in [6.45, 7) is 3.94. The number of nitrogens with zero attached hydrogens (tertiary/aromatic N) is 2. The first-order chi connectivity index (χ1) is 10.1. The maximum Gasteiger partial charge on any atom is 0.250 e. The van der Waals surface area contributed by atoms with Crippen LogP contribution in [0.25, 0.3) is 0 Å². The molecular weight excluding hydrogens is 310 g/mol. The Morgan fingerprint density at radius 1 is 1.43 bits per heavy atom. The lowest BCUT2D eigenvalue weighted by molar-refractivity contribution is 0.580. The van der Waals surface area contributed by atoms with Crippen LogP contribution in [0.2, 0.25) is 0 Å². The second kappa shape index (κ2) is 7.64. The van der Waals surface area contributed by atoms with Crippen molar-refractivity contribution in [3.63, 3.8) is 0 Å². The third-order valence-electron chi connectivity index (χ3n) is 2.82. The Labute approximate surface area is 128 Å². The van der Waals surface area contributed by atoms with Crippen molar-refractivity contribution in [3.05, 3.63) is 29.2 Å². The van der Waals surface area contributed by atoms with Gasteiger partial charge in [-0.25, -0.2) is 18.1 Å². The Balaban J connectivity index is 1.82. The molecule has 0 aliphatic rings. The summed E-state index contributed by atoms with van der Waals surface area (Å²) < 4.78 is 27.2. The molecule has 0 radical (unpaired) electrons. The molecule has 0 fully saturated rings. The Hall–Kier alpha value is -1.29. The van der Waals surface area contributed by atoms with E-state index in [0.717, 1.165) is 17.9 Å². The number of thiophene rings is 1. The van der Waals surface area contributed by atoms with Crippen LogP contribution >= 0.6 is 11.3 Å². The first kappa shape index (κ1) is 16.1.